The zero-order chi connectivity index (χ0) is 15.3. The SMILES string of the molecule is CCCc1c(NC)ncnc1NCC(C)(C)c1cccs1. The topological polar surface area (TPSA) is 49.8 Å². The summed E-state index contributed by atoms with van der Waals surface area (Å²) in [5, 5.41) is 8.80. The van der Waals surface area contributed by atoms with Gasteiger partial charge in [0.25, 0.3) is 0 Å². The van der Waals surface area contributed by atoms with Crippen molar-refractivity contribution in [1.29, 1.82) is 0 Å². The van der Waals surface area contributed by atoms with Gasteiger partial charge in [0.2, 0.25) is 0 Å². The van der Waals surface area contributed by atoms with Gasteiger partial charge >= 0.3 is 0 Å². The summed E-state index contributed by atoms with van der Waals surface area (Å²) in [4.78, 5) is 10.1. The van der Waals surface area contributed by atoms with Gasteiger partial charge in [-0.25, -0.2) is 9.97 Å². The molecule has 0 aliphatic rings. The van der Waals surface area contributed by atoms with E-state index in [9.17, 15) is 0 Å². The van der Waals surface area contributed by atoms with E-state index < -0.39 is 0 Å². The Morgan fingerprint density at radius 1 is 1.24 bits per heavy atom. The molecule has 114 valence electrons. The van der Waals surface area contributed by atoms with E-state index in [1.807, 2.05) is 7.05 Å². The molecule has 0 amide bonds. The van der Waals surface area contributed by atoms with Crippen LogP contribution in [0.3, 0.4) is 0 Å². The number of rotatable bonds is 7. The quantitative estimate of drug-likeness (QED) is 0.814. The molecule has 4 nitrogen and oxygen atoms in total. The van der Waals surface area contributed by atoms with Gasteiger partial charge in [0.05, 0.1) is 0 Å². The van der Waals surface area contributed by atoms with E-state index in [2.05, 4.69) is 58.9 Å². The first-order chi connectivity index (χ1) is 10.1. The van der Waals surface area contributed by atoms with Crippen LogP contribution in [-0.4, -0.2) is 23.6 Å². The molecule has 0 atom stereocenters. The summed E-state index contributed by atoms with van der Waals surface area (Å²) in [6, 6.07) is 4.30. The molecule has 0 unspecified atom stereocenters. The predicted molar refractivity (Wildman–Crippen MR) is 91.4 cm³/mol. The van der Waals surface area contributed by atoms with Crippen molar-refractivity contribution < 1.29 is 0 Å². The molecular weight excluding hydrogens is 280 g/mol. The zero-order valence-corrected chi connectivity index (χ0v) is 14.0. The third-order valence-corrected chi connectivity index (χ3v) is 4.80. The van der Waals surface area contributed by atoms with Gasteiger partial charge in [-0.2, -0.15) is 0 Å². The molecule has 0 radical (unpaired) electrons. The van der Waals surface area contributed by atoms with Gasteiger partial charge in [-0.3, -0.25) is 0 Å². The Balaban J connectivity index is 2.16. The smallest absolute Gasteiger partial charge is 0.134 e. The number of hydrogen-bond acceptors (Lipinski definition) is 5. The Labute approximate surface area is 131 Å². The molecule has 2 heterocycles. The highest BCUT2D eigenvalue weighted by atomic mass is 32.1. The van der Waals surface area contributed by atoms with Crippen LogP contribution in [0.4, 0.5) is 11.6 Å². The maximum Gasteiger partial charge on any atom is 0.134 e. The van der Waals surface area contributed by atoms with Gasteiger partial charge in [0.15, 0.2) is 0 Å². The van der Waals surface area contributed by atoms with Crippen LogP contribution in [0.2, 0.25) is 0 Å². The van der Waals surface area contributed by atoms with Crippen LogP contribution in [0.1, 0.15) is 37.6 Å². The molecule has 0 bridgehead atoms. The minimum absolute atomic E-state index is 0.0857. The number of hydrogen-bond donors (Lipinski definition) is 2. The van der Waals surface area contributed by atoms with Crippen LogP contribution >= 0.6 is 11.3 Å². The third kappa shape index (κ3) is 3.73. The van der Waals surface area contributed by atoms with E-state index in [4.69, 9.17) is 0 Å². The maximum atomic E-state index is 4.43. The van der Waals surface area contributed by atoms with Crippen LogP contribution in [0, 0.1) is 0 Å². The molecule has 5 heteroatoms. The van der Waals surface area contributed by atoms with E-state index in [0.717, 1.165) is 31.0 Å². The van der Waals surface area contributed by atoms with E-state index in [1.54, 1.807) is 17.7 Å². The summed E-state index contributed by atoms with van der Waals surface area (Å²) in [7, 11) is 1.90. The molecule has 2 aromatic rings. The van der Waals surface area contributed by atoms with E-state index >= 15 is 0 Å². The fourth-order valence-corrected chi connectivity index (χ4v) is 3.17. The molecule has 21 heavy (non-hydrogen) atoms. The summed E-state index contributed by atoms with van der Waals surface area (Å²) >= 11 is 1.80. The Bertz CT molecular complexity index is 564. The van der Waals surface area contributed by atoms with E-state index in [1.165, 1.54) is 10.4 Å². The number of thiophene rings is 1. The Morgan fingerprint density at radius 2 is 2.00 bits per heavy atom. The standard InChI is InChI=1S/C16H24N4S/c1-5-7-12-14(17-4)19-11-20-15(12)18-10-16(2,3)13-8-6-9-21-13/h6,8-9,11H,5,7,10H2,1-4H3,(H2,17,18,19,20). The number of nitrogens with one attached hydrogen (secondary N) is 2. The molecular formula is C16H24N4S. The summed E-state index contributed by atoms with van der Waals surface area (Å²) < 4.78 is 0. The number of anilines is 2. The summed E-state index contributed by atoms with van der Waals surface area (Å²) in [6.45, 7) is 7.53. The first-order valence-electron chi connectivity index (χ1n) is 7.38. The molecule has 0 aliphatic carbocycles. The van der Waals surface area contributed by atoms with Crippen molar-refractivity contribution in [2.45, 2.75) is 39.0 Å². The van der Waals surface area contributed by atoms with Crippen molar-refractivity contribution >= 4 is 23.0 Å². The minimum atomic E-state index is 0.0857. The van der Waals surface area contributed by atoms with Crippen LogP contribution in [0.25, 0.3) is 0 Å². The molecule has 0 saturated carbocycles. The Morgan fingerprint density at radius 3 is 2.62 bits per heavy atom. The van der Waals surface area contributed by atoms with Gasteiger partial charge < -0.3 is 10.6 Å². The van der Waals surface area contributed by atoms with Crippen LogP contribution in [0.5, 0.6) is 0 Å². The lowest BCUT2D eigenvalue weighted by Gasteiger charge is -2.25. The molecule has 2 N–H and O–H groups in total. The zero-order valence-electron chi connectivity index (χ0n) is 13.2. The Hall–Kier alpha value is -1.62. The molecule has 0 fully saturated rings. The van der Waals surface area contributed by atoms with Gasteiger partial charge in [-0.15, -0.1) is 11.3 Å². The van der Waals surface area contributed by atoms with Crippen LogP contribution in [-0.2, 0) is 11.8 Å². The summed E-state index contributed by atoms with van der Waals surface area (Å²) in [5.41, 5.74) is 1.26. The van der Waals surface area contributed by atoms with Crippen LogP contribution in [0.15, 0.2) is 23.8 Å². The normalized spacial score (nSPS) is 11.4. The molecule has 2 aromatic heterocycles. The van der Waals surface area contributed by atoms with Crippen molar-refractivity contribution in [3.63, 3.8) is 0 Å². The number of nitrogens with zero attached hydrogens (tertiary/aromatic N) is 2. The lowest BCUT2D eigenvalue weighted by Crippen LogP contribution is -2.27. The first-order valence-corrected chi connectivity index (χ1v) is 8.26. The maximum absolute atomic E-state index is 4.43. The van der Waals surface area contributed by atoms with Gasteiger partial charge in [0, 0.05) is 29.4 Å². The predicted octanol–water partition coefficient (Wildman–Crippen LogP) is 3.92. The third-order valence-electron chi connectivity index (χ3n) is 3.57. The van der Waals surface area contributed by atoms with Crippen molar-refractivity contribution in [3.8, 4) is 0 Å². The second kappa shape index (κ2) is 6.89. The highest BCUT2D eigenvalue weighted by Gasteiger charge is 2.22. The average molecular weight is 304 g/mol. The van der Waals surface area contributed by atoms with Gasteiger partial charge in [-0.1, -0.05) is 33.3 Å². The first kappa shape index (κ1) is 15.8. The fraction of sp³-hybridized carbons (Fsp3) is 0.500. The van der Waals surface area contributed by atoms with E-state index in [0.29, 0.717) is 0 Å². The monoisotopic (exact) mass is 304 g/mol. The van der Waals surface area contributed by atoms with Crippen molar-refractivity contribution in [3.05, 3.63) is 34.3 Å². The fourth-order valence-electron chi connectivity index (χ4n) is 2.32. The molecule has 0 aliphatic heterocycles. The molecule has 0 saturated heterocycles. The second-order valence-electron chi connectivity index (χ2n) is 5.76. The average Bonchev–Trinajstić information content (AvgIpc) is 3.01. The van der Waals surface area contributed by atoms with E-state index in [-0.39, 0.29) is 5.41 Å². The van der Waals surface area contributed by atoms with Crippen LogP contribution < -0.4 is 10.6 Å². The number of aromatic nitrogens is 2. The van der Waals surface area contributed by atoms with Gasteiger partial charge in [-0.05, 0) is 17.9 Å². The lowest BCUT2D eigenvalue weighted by atomic mass is 9.91. The molecule has 0 spiro atoms. The molecule has 0 aromatic carbocycles. The summed E-state index contributed by atoms with van der Waals surface area (Å²) in [5.74, 6) is 1.86. The lowest BCUT2D eigenvalue weighted by molar-refractivity contribution is 0.567. The molecule has 2 rings (SSSR count). The largest absolute Gasteiger partial charge is 0.373 e. The second-order valence-corrected chi connectivity index (χ2v) is 6.71. The minimum Gasteiger partial charge on any atom is -0.373 e. The van der Waals surface area contributed by atoms with Crippen molar-refractivity contribution in [1.82, 2.24) is 9.97 Å². The van der Waals surface area contributed by atoms with Crippen molar-refractivity contribution in [2.24, 2.45) is 0 Å². The summed E-state index contributed by atoms with van der Waals surface area (Å²) in [6.07, 6.45) is 3.66. The highest BCUT2D eigenvalue weighted by molar-refractivity contribution is 7.10. The highest BCUT2D eigenvalue weighted by Crippen LogP contribution is 2.29. The Kier molecular flexibility index (Phi) is 5.17. The van der Waals surface area contributed by atoms with Gasteiger partial charge in [0.1, 0.15) is 18.0 Å². The van der Waals surface area contributed by atoms with Crippen molar-refractivity contribution in [2.75, 3.05) is 24.2 Å².